The Morgan fingerprint density at radius 1 is 1.00 bits per heavy atom. The Kier molecular flexibility index (Phi) is 4.74. The molecule has 0 spiro atoms. The molecule has 1 unspecified atom stereocenters. The number of nitrogens with one attached hydrogen (secondary N) is 2. The molecule has 126 valence electrons. The van der Waals surface area contributed by atoms with E-state index in [0.717, 1.165) is 31.4 Å². The summed E-state index contributed by atoms with van der Waals surface area (Å²) in [5.41, 5.74) is 3.80. The molecular formula is C20H26N4. The Labute approximate surface area is 144 Å². The van der Waals surface area contributed by atoms with E-state index in [-0.39, 0.29) is 0 Å². The molecule has 0 saturated heterocycles. The van der Waals surface area contributed by atoms with E-state index in [0.29, 0.717) is 6.04 Å². The molecule has 4 heteroatoms. The second-order valence-electron chi connectivity index (χ2n) is 7.09. The van der Waals surface area contributed by atoms with Crippen LogP contribution in [0.5, 0.6) is 0 Å². The van der Waals surface area contributed by atoms with Gasteiger partial charge in [-0.25, -0.2) is 9.97 Å². The molecule has 2 aliphatic rings. The second kappa shape index (κ2) is 7.31. The number of rotatable bonds is 5. The van der Waals surface area contributed by atoms with Gasteiger partial charge in [-0.15, -0.1) is 0 Å². The molecule has 1 saturated carbocycles. The molecule has 1 heterocycles. The number of nitrogens with zero attached hydrogens (tertiary/aromatic N) is 2. The molecule has 24 heavy (non-hydrogen) atoms. The molecule has 0 aliphatic heterocycles. The average Bonchev–Trinajstić information content (AvgIpc) is 3.14. The molecule has 1 aromatic heterocycles. The first-order valence-electron chi connectivity index (χ1n) is 9.25. The van der Waals surface area contributed by atoms with Gasteiger partial charge in [0.05, 0.1) is 0 Å². The maximum absolute atomic E-state index is 4.74. The summed E-state index contributed by atoms with van der Waals surface area (Å²) in [6, 6.07) is 11.7. The summed E-state index contributed by atoms with van der Waals surface area (Å²) in [7, 11) is 0. The van der Waals surface area contributed by atoms with Crippen molar-refractivity contribution in [1.82, 2.24) is 15.3 Å². The monoisotopic (exact) mass is 322 g/mol. The molecule has 2 aromatic rings. The summed E-state index contributed by atoms with van der Waals surface area (Å²) in [5.74, 6) is 0.750. The molecule has 0 radical (unpaired) electrons. The van der Waals surface area contributed by atoms with Crippen molar-refractivity contribution in [3.05, 3.63) is 53.3 Å². The van der Waals surface area contributed by atoms with Gasteiger partial charge in [0.25, 0.3) is 0 Å². The van der Waals surface area contributed by atoms with Gasteiger partial charge in [0.15, 0.2) is 0 Å². The lowest BCUT2D eigenvalue weighted by molar-refractivity contribution is 0.392. The van der Waals surface area contributed by atoms with Crippen LogP contribution in [0.25, 0.3) is 0 Å². The van der Waals surface area contributed by atoms with Crippen LogP contribution in [-0.4, -0.2) is 22.1 Å². The largest absolute Gasteiger partial charge is 0.350 e. The van der Waals surface area contributed by atoms with Crippen molar-refractivity contribution in [2.75, 3.05) is 5.32 Å². The van der Waals surface area contributed by atoms with E-state index in [1.807, 2.05) is 12.3 Å². The Morgan fingerprint density at radius 2 is 1.83 bits per heavy atom. The summed E-state index contributed by atoms with van der Waals surface area (Å²) < 4.78 is 0. The van der Waals surface area contributed by atoms with E-state index < -0.39 is 0 Å². The summed E-state index contributed by atoms with van der Waals surface area (Å²) >= 11 is 0. The lowest BCUT2D eigenvalue weighted by atomic mass is 9.92. The Bertz CT molecular complexity index is 665. The predicted octanol–water partition coefficient (Wildman–Crippen LogP) is 3.48. The Hall–Kier alpha value is -1.94. The van der Waals surface area contributed by atoms with Gasteiger partial charge in [-0.05, 0) is 43.2 Å². The fourth-order valence-electron chi connectivity index (χ4n) is 3.94. The van der Waals surface area contributed by atoms with Crippen LogP contribution in [0.2, 0.25) is 0 Å². The zero-order valence-electron chi connectivity index (χ0n) is 14.2. The van der Waals surface area contributed by atoms with Gasteiger partial charge in [0.2, 0.25) is 5.95 Å². The smallest absolute Gasteiger partial charge is 0.223 e. The highest BCUT2D eigenvalue weighted by molar-refractivity contribution is 5.33. The molecule has 1 atom stereocenters. The van der Waals surface area contributed by atoms with Crippen LogP contribution >= 0.6 is 0 Å². The average molecular weight is 322 g/mol. The first-order valence-corrected chi connectivity index (χ1v) is 9.25. The van der Waals surface area contributed by atoms with E-state index in [1.165, 1.54) is 48.9 Å². The van der Waals surface area contributed by atoms with Crippen LogP contribution < -0.4 is 10.6 Å². The molecule has 4 nitrogen and oxygen atoms in total. The number of anilines is 1. The lowest BCUT2D eigenvalue weighted by Crippen LogP contribution is -2.40. The van der Waals surface area contributed by atoms with Gasteiger partial charge < -0.3 is 10.6 Å². The van der Waals surface area contributed by atoms with Crippen LogP contribution in [0.1, 0.15) is 48.9 Å². The summed E-state index contributed by atoms with van der Waals surface area (Å²) in [6.07, 6.45) is 10.8. The normalized spacial score (nSPS) is 20.8. The van der Waals surface area contributed by atoms with Crippen molar-refractivity contribution in [2.45, 2.75) is 63.6 Å². The fourth-order valence-corrected chi connectivity index (χ4v) is 3.94. The number of hydrogen-bond donors (Lipinski definition) is 2. The van der Waals surface area contributed by atoms with Gasteiger partial charge in [-0.2, -0.15) is 0 Å². The third-order valence-corrected chi connectivity index (χ3v) is 5.27. The van der Waals surface area contributed by atoms with E-state index in [9.17, 15) is 0 Å². The molecule has 0 bridgehead atoms. The van der Waals surface area contributed by atoms with Crippen molar-refractivity contribution < 1.29 is 0 Å². The van der Waals surface area contributed by atoms with Gasteiger partial charge >= 0.3 is 0 Å². The van der Waals surface area contributed by atoms with Crippen LogP contribution in [0.15, 0.2) is 36.5 Å². The minimum Gasteiger partial charge on any atom is -0.350 e. The number of hydrogen-bond acceptors (Lipinski definition) is 4. The molecule has 1 aromatic carbocycles. The molecule has 2 aliphatic carbocycles. The van der Waals surface area contributed by atoms with Crippen molar-refractivity contribution in [3.8, 4) is 0 Å². The van der Waals surface area contributed by atoms with E-state index >= 15 is 0 Å². The molecule has 4 rings (SSSR count). The van der Waals surface area contributed by atoms with Gasteiger partial charge in [-0.3, -0.25) is 0 Å². The third-order valence-electron chi connectivity index (χ3n) is 5.27. The van der Waals surface area contributed by atoms with E-state index in [1.54, 1.807) is 0 Å². The molecule has 0 amide bonds. The zero-order valence-corrected chi connectivity index (χ0v) is 14.2. The van der Waals surface area contributed by atoms with Crippen molar-refractivity contribution >= 4 is 5.95 Å². The van der Waals surface area contributed by atoms with Gasteiger partial charge in [0, 0.05) is 30.5 Å². The maximum atomic E-state index is 4.74. The van der Waals surface area contributed by atoms with Crippen LogP contribution in [0.4, 0.5) is 5.95 Å². The van der Waals surface area contributed by atoms with Crippen LogP contribution in [0.3, 0.4) is 0 Å². The maximum Gasteiger partial charge on any atom is 0.223 e. The Morgan fingerprint density at radius 3 is 2.67 bits per heavy atom. The summed E-state index contributed by atoms with van der Waals surface area (Å²) in [4.78, 5) is 9.27. The highest BCUT2D eigenvalue weighted by Crippen LogP contribution is 2.24. The van der Waals surface area contributed by atoms with Crippen molar-refractivity contribution in [1.29, 1.82) is 0 Å². The van der Waals surface area contributed by atoms with Crippen molar-refractivity contribution in [2.24, 2.45) is 0 Å². The molecule has 1 fully saturated rings. The van der Waals surface area contributed by atoms with Gasteiger partial charge in [0.1, 0.15) is 0 Å². The SMILES string of the molecule is c1ccc(CNc2ncc3c(n2)CCC(NC2CCCC2)C3)cc1. The quantitative estimate of drug-likeness (QED) is 0.885. The number of aromatic nitrogens is 2. The minimum absolute atomic E-state index is 0.604. The number of aryl methyl sites for hydroxylation is 1. The first-order chi connectivity index (χ1) is 11.9. The van der Waals surface area contributed by atoms with Crippen LogP contribution in [0, 0.1) is 0 Å². The molecular weight excluding hydrogens is 296 g/mol. The highest BCUT2D eigenvalue weighted by Gasteiger charge is 2.24. The molecule has 2 N–H and O–H groups in total. The first kappa shape index (κ1) is 15.6. The number of fused-ring (bicyclic) bond motifs is 1. The predicted molar refractivity (Wildman–Crippen MR) is 97.0 cm³/mol. The van der Waals surface area contributed by atoms with Crippen LogP contribution in [-0.2, 0) is 19.4 Å². The lowest BCUT2D eigenvalue weighted by Gasteiger charge is -2.27. The third kappa shape index (κ3) is 3.75. The fraction of sp³-hybridized carbons (Fsp3) is 0.500. The zero-order chi connectivity index (χ0) is 16.2. The highest BCUT2D eigenvalue weighted by atomic mass is 15.1. The Balaban J connectivity index is 1.36. The van der Waals surface area contributed by atoms with E-state index in [4.69, 9.17) is 4.98 Å². The topological polar surface area (TPSA) is 49.8 Å². The summed E-state index contributed by atoms with van der Waals surface area (Å²) in [6.45, 7) is 0.769. The van der Waals surface area contributed by atoms with E-state index in [2.05, 4.69) is 39.9 Å². The van der Waals surface area contributed by atoms with Gasteiger partial charge in [-0.1, -0.05) is 43.2 Å². The number of benzene rings is 1. The van der Waals surface area contributed by atoms with Crippen molar-refractivity contribution in [3.63, 3.8) is 0 Å². The minimum atomic E-state index is 0.604. The summed E-state index contributed by atoms with van der Waals surface area (Å²) in [5, 5.41) is 7.19. The second-order valence-corrected chi connectivity index (χ2v) is 7.09. The standard InChI is InChI=1S/C20H26N4/c1-2-6-15(7-3-1)13-21-20-22-14-16-12-18(10-11-19(16)24-20)23-17-8-4-5-9-17/h1-3,6-7,14,17-18,23H,4-5,8-13H2,(H,21,22,24).